The number of benzene rings is 3. The van der Waals surface area contributed by atoms with E-state index in [0.29, 0.717) is 22.6 Å². The van der Waals surface area contributed by atoms with Gasteiger partial charge in [-0.05, 0) is 86.1 Å². The number of methoxy groups -OCH3 is 1. The molecule has 1 fully saturated rings. The number of aliphatic hydroxyl groups excluding tert-OH is 1. The highest BCUT2D eigenvalue weighted by atomic mass is 16.5. The number of amides is 1. The van der Waals surface area contributed by atoms with Gasteiger partial charge in [-0.2, -0.15) is 0 Å². The van der Waals surface area contributed by atoms with E-state index in [0.717, 1.165) is 36.8 Å². The lowest BCUT2D eigenvalue weighted by Crippen LogP contribution is -2.30. The molecule has 0 bridgehead atoms. The molecule has 1 atom stereocenters. The Morgan fingerprint density at radius 1 is 0.943 bits per heavy atom. The predicted molar refractivity (Wildman–Crippen MR) is 137 cm³/mol. The van der Waals surface area contributed by atoms with Gasteiger partial charge in [-0.3, -0.25) is 14.5 Å². The van der Waals surface area contributed by atoms with Crippen LogP contribution in [0.3, 0.4) is 0 Å². The van der Waals surface area contributed by atoms with Crippen LogP contribution in [0.15, 0.2) is 66.2 Å². The second-order valence-electron chi connectivity index (χ2n) is 9.43. The molecular formula is C30H29NO4. The van der Waals surface area contributed by atoms with Gasteiger partial charge in [0.25, 0.3) is 11.7 Å². The summed E-state index contributed by atoms with van der Waals surface area (Å²) in [5.41, 5.74) is 6.44. The number of hydrogen-bond acceptors (Lipinski definition) is 4. The van der Waals surface area contributed by atoms with Gasteiger partial charge in [0.15, 0.2) is 0 Å². The fourth-order valence-corrected chi connectivity index (χ4v) is 5.32. The molecule has 1 unspecified atom stereocenters. The van der Waals surface area contributed by atoms with Crippen LogP contribution in [0.4, 0.5) is 5.69 Å². The van der Waals surface area contributed by atoms with Gasteiger partial charge in [0.2, 0.25) is 0 Å². The van der Waals surface area contributed by atoms with Gasteiger partial charge in [0.05, 0.1) is 18.7 Å². The Bertz CT molecular complexity index is 1370. The van der Waals surface area contributed by atoms with Gasteiger partial charge in [0.1, 0.15) is 11.5 Å². The fourth-order valence-electron chi connectivity index (χ4n) is 5.32. The Labute approximate surface area is 205 Å². The van der Waals surface area contributed by atoms with Crippen LogP contribution in [0.5, 0.6) is 5.75 Å². The van der Waals surface area contributed by atoms with E-state index in [1.54, 1.807) is 7.11 Å². The lowest BCUT2D eigenvalue weighted by atomic mass is 9.88. The monoisotopic (exact) mass is 467 g/mol. The molecule has 3 aromatic rings. The number of anilines is 1. The number of fused-ring (bicyclic) bond motifs is 1. The van der Waals surface area contributed by atoms with Crippen molar-refractivity contribution in [3.63, 3.8) is 0 Å². The first-order valence-corrected chi connectivity index (χ1v) is 12.0. The number of ketones is 1. The van der Waals surface area contributed by atoms with Crippen molar-refractivity contribution in [1.29, 1.82) is 0 Å². The molecule has 35 heavy (non-hydrogen) atoms. The molecule has 1 aliphatic carbocycles. The van der Waals surface area contributed by atoms with Crippen LogP contribution >= 0.6 is 0 Å². The minimum Gasteiger partial charge on any atom is -0.507 e. The average Bonchev–Trinajstić information content (AvgIpc) is 3.13. The molecule has 0 spiro atoms. The highest BCUT2D eigenvalue weighted by molar-refractivity contribution is 6.51. The molecule has 178 valence electrons. The van der Waals surface area contributed by atoms with Crippen molar-refractivity contribution in [3.8, 4) is 5.75 Å². The Balaban J connectivity index is 1.72. The lowest BCUT2D eigenvalue weighted by Gasteiger charge is -2.27. The number of ether oxygens (including phenoxy) is 1. The Morgan fingerprint density at radius 3 is 2.46 bits per heavy atom. The Hall–Kier alpha value is -3.86. The number of hydrogen-bond donors (Lipinski definition) is 1. The molecule has 5 nitrogen and oxygen atoms in total. The van der Waals surface area contributed by atoms with E-state index in [-0.39, 0.29) is 11.3 Å². The van der Waals surface area contributed by atoms with Crippen molar-refractivity contribution in [2.45, 2.75) is 45.6 Å². The van der Waals surface area contributed by atoms with Gasteiger partial charge < -0.3 is 9.84 Å². The largest absolute Gasteiger partial charge is 0.507 e. The number of carbonyl (C=O) groups excluding carboxylic acids is 2. The van der Waals surface area contributed by atoms with Crippen molar-refractivity contribution in [2.24, 2.45) is 0 Å². The van der Waals surface area contributed by atoms with E-state index in [1.807, 2.05) is 74.5 Å². The van der Waals surface area contributed by atoms with Crippen LogP contribution in [0.2, 0.25) is 0 Å². The minimum absolute atomic E-state index is 0.0963. The van der Waals surface area contributed by atoms with Crippen molar-refractivity contribution in [3.05, 3.63) is 99.6 Å². The van der Waals surface area contributed by atoms with E-state index in [1.165, 1.54) is 16.0 Å². The molecule has 0 saturated carbocycles. The molecule has 3 aromatic carbocycles. The smallest absolute Gasteiger partial charge is 0.300 e. The molecule has 1 N–H and O–H groups in total. The van der Waals surface area contributed by atoms with E-state index >= 15 is 0 Å². The number of carbonyl (C=O) groups is 2. The van der Waals surface area contributed by atoms with Crippen LogP contribution in [-0.2, 0) is 22.4 Å². The number of aliphatic hydroxyl groups is 1. The van der Waals surface area contributed by atoms with Crippen LogP contribution in [0, 0.1) is 13.8 Å². The van der Waals surface area contributed by atoms with Gasteiger partial charge in [-0.25, -0.2) is 0 Å². The van der Waals surface area contributed by atoms with Crippen molar-refractivity contribution in [2.75, 3.05) is 12.0 Å². The van der Waals surface area contributed by atoms with Crippen LogP contribution in [-0.4, -0.2) is 23.9 Å². The second-order valence-corrected chi connectivity index (χ2v) is 9.43. The summed E-state index contributed by atoms with van der Waals surface area (Å²) in [7, 11) is 1.58. The third-order valence-electron chi connectivity index (χ3n) is 7.09. The van der Waals surface area contributed by atoms with Crippen LogP contribution < -0.4 is 9.64 Å². The molecule has 0 aromatic heterocycles. The van der Waals surface area contributed by atoms with Crippen LogP contribution in [0.1, 0.15) is 52.3 Å². The molecule has 5 rings (SSSR count). The highest BCUT2D eigenvalue weighted by Crippen LogP contribution is 2.44. The topological polar surface area (TPSA) is 66.8 Å². The van der Waals surface area contributed by atoms with Crippen molar-refractivity contribution in [1.82, 2.24) is 0 Å². The van der Waals surface area contributed by atoms with E-state index in [9.17, 15) is 14.7 Å². The number of Topliss-reactive ketones (excluding diaryl/α,β-unsaturated/α-hetero) is 1. The summed E-state index contributed by atoms with van der Waals surface area (Å²) in [6, 6.07) is 18.2. The van der Waals surface area contributed by atoms with Crippen molar-refractivity contribution >= 4 is 23.1 Å². The predicted octanol–water partition coefficient (Wildman–Crippen LogP) is 5.82. The first kappa shape index (κ1) is 22.9. The molecule has 1 heterocycles. The molecule has 2 aliphatic rings. The van der Waals surface area contributed by atoms with Crippen LogP contribution in [0.25, 0.3) is 5.76 Å². The number of aryl methyl sites for hydroxylation is 4. The summed E-state index contributed by atoms with van der Waals surface area (Å²) < 4.78 is 5.42. The second kappa shape index (κ2) is 9.06. The summed E-state index contributed by atoms with van der Waals surface area (Å²) in [5.74, 6) is -0.864. The van der Waals surface area contributed by atoms with E-state index < -0.39 is 17.7 Å². The SMILES string of the molecule is COc1cccc(C2/C(=C(/O)c3ccc4c(c3)CCCC4)C(=O)C(=O)N2c2ccc(C)cc2C)c1. The summed E-state index contributed by atoms with van der Waals surface area (Å²) >= 11 is 0. The third-order valence-corrected chi connectivity index (χ3v) is 7.09. The van der Waals surface area contributed by atoms with E-state index in [4.69, 9.17) is 4.74 Å². The zero-order chi connectivity index (χ0) is 24.7. The molecule has 1 amide bonds. The number of rotatable bonds is 4. The molecular weight excluding hydrogens is 438 g/mol. The zero-order valence-corrected chi connectivity index (χ0v) is 20.3. The molecule has 5 heteroatoms. The maximum atomic E-state index is 13.5. The maximum Gasteiger partial charge on any atom is 0.300 e. The normalized spacial score (nSPS) is 19.1. The van der Waals surface area contributed by atoms with Gasteiger partial charge >= 0.3 is 0 Å². The average molecular weight is 468 g/mol. The maximum absolute atomic E-state index is 13.5. The van der Waals surface area contributed by atoms with Gasteiger partial charge in [0, 0.05) is 11.3 Å². The van der Waals surface area contributed by atoms with Crippen molar-refractivity contribution < 1.29 is 19.4 Å². The standard InChI is InChI=1S/C30H29NO4/c1-18-11-14-25(19(2)15-18)31-27(22-9-6-10-24(17-22)35-3)26(29(33)30(31)34)28(32)23-13-12-20-7-4-5-8-21(20)16-23/h6,9-17,27,32H,4-5,7-8H2,1-3H3/b28-26-. The van der Waals surface area contributed by atoms with Gasteiger partial charge in [-0.15, -0.1) is 0 Å². The Morgan fingerprint density at radius 2 is 1.71 bits per heavy atom. The summed E-state index contributed by atoms with van der Waals surface area (Å²) in [4.78, 5) is 28.4. The minimum atomic E-state index is -0.775. The highest BCUT2D eigenvalue weighted by Gasteiger charge is 2.47. The summed E-state index contributed by atoms with van der Waals surface area (Å²) in [6.45, 7) is 3.91. The van der Waals surface area contributed by atoms with Gasteiger partial charge in [-0.1, -0.05) is 42.0 Å². The molecule has 1 aliphatic heterocycles. The summed E-state index contributed by atoms with van der Waals surface area (Å²) in [5, 5.41) is 11.5. The Kier molecular flexibility index (Phi) is 5.93. The molecule has 0 radical (unpaired) electrons. The first-order chi connectivity index (χ1) is 16.9. The zero-order valence-electron chi connectivity index (χ0n) is 20.3. The fraction of sp³-hybridized carbons (Fsp3) is 0.267. The molecule has 1 saturated heterocycles. The number of nitrogens with zero attached hydrogens (tertiary/aromatic N) is 1. The summed E-state index contributed by atoms with van der Waals surface area (Å²) in [6.07, 6.45) is 4.25. The first-order valence-electron chi connectivity index (χ1n) is 12.0. The quantitative estimate of drug-likeness (QED) is 0.298. The van der Waals surface area contributed by atoms with E-state index in [2.05, 4.69) is 0 Å². The lowest BCUT2D eigenvalue weighted by molar-refractivity contribution is -0.132. The third kappa shape index (κ3) is 4.01.